The van der Waals surface area contributed by atoms with E-state index in [1.165, 1.54) is 6.26 Å². The van der Waals surface area contributed by atoms with Gasteiger partial charge in [-0.15, -0.1) is 23.1 Å². The van der Waals surface area contributed by atoms with Gasteiger partial charge in [0, 0.05) is 24.2 Å². The number of para-hydroxylation sites is 1. The lowest BCUT2D eigenvalue weighted by Gasteiger charge is -2.29. The predicted molar refractivity (Wildman–Crippen MR) is 116 cm³/mol. The van der Waals surface area contributed by atoms with Gasteiger partial charge in [-0.25, -0.2) is 13.4 Å². The highest BCUT2D eigenvalue weighted by molar-refractivity contribution is 7.99. The zero-order valence-corrected chi connectivity index (χ0v) is 17.9. The maximum Gasteiger partial charge on any atom is 0.236 e. The number of fused-ring (bicyclic) bond motifs is 2. The molecule has 0 saturated heterocycles. The zero-order valence-electron chi connectivity index (χ0n) is 15.4. The number of carbonyl (C=O) groups is 1. The van der Waals surface area contributed by atoms with Gasteiger partial charge >= 0.3 is 0 Å². The Kier molecular flexibility index (Phi) is 5.44. The number of hydrogen-bond acceptors (Lipinski definition) is 6. The van der Waals surface area contributed by atoms with Crippen molar-refractivity contribution >= 4 is 54.7 Å². The van der Waals surface area contributed by atoms with Crippen LogP contribution in [-0.2, 0) is 26.8 Å². The minimum Gasteiger partial charge on any atom is -0.311 e. The molecule has 0 atom stereocenters. The van der Waals surface area contributed by atoms with E-state index < -0.39 is 9.84 Å². The Morgan fingerprint density at radius 1 is 1.25 bits per heavy atom. The van der Waals surface area contributed by atoms with Crippen molar-refractivity contribution in [3.05, 3.63) is 53.0 Å². The summed E-state index contributed by atoms with van der Waals surface area (Å²) in [5, 5.41) is 1.02. The van der Waals surface area contributed by atoms with Gasteiger partial charge < -0.3 is 4.90 Å². The van der Waals surface area contributed by atoms with Crippen molar-refractivity contribution in [2.45, 2.75) is 23.5 Å². The number of sulfone groups is 1. The molecule has 146 valence electrons. The second-order valence-electron chi connectivity index (χ2n) is 6.78. The number of rotatable bonds is 5. The Labute approximate surface area is 172 Å². The number of benzene rings is 2. The van der Waals surface area contributed by atoms with Crippen LogP contribution in [-0.4, -0.2) is 37.9 Å². The molecule has 0 aliphatic carbocycles. The number of thioether (sulfide) groups is 1. The number of amides is 1. The molecule has 3 aromatic rings. The van der Waals surface area contributed by atoms with E-state index in [-0.39, 0.29) is 5.91 Å². The Bertz CT molecular complexity index is 1110. The van der Waals surface area contributed by atoms with Crippen molar-refractivity contribution in [2.75, 3.05) is 23.5 Å². The zero-order chi connectivity index (χ0) is 19.7. The molecule has 2 heterocycles. The van der Waals surface area contributed by atoms with Gasteiger partial charge in [-0.1, -0.05) is 12.1 Å². The highest BCUT2D eigenvalue weighted by Gasteiger charge is 2.23. The molecule has 0 spiro atoms. The van der Waals surface area contributed by atoms with Crippen LogP contribution >= 0.6 is 23.1 Å². The molecule has 0 N–H and O–H groups in total. The third-order valence-corrected chi connectivity index (χ3v) is 7.95. The molecule has 28 heavy (non-hydrogen) atoms. The minimum absolute atomic E-state index is 0.0548. The number of thiazole rings is 1. The van der Waals surface area contributed by atoms with Gasteiger partial charge in [0.2, 0.25) is 5.91 Å². The van der Waals surface area contributed by atoms with Gasteiger partial charge in [0.1, 0.15) is 5.01 Å². The van der Waals surface area contributed by atoms with E-state index in [1.807, 2.05) is 18.2 Å². The summed E-state index contributed by atoms with van der Waals surface area (Å²) in [5.74, 6) is 1.14. The quantitative estimate of drug-likeness (QED) is 0.611. The molecule has 0 saturated carbocycles. The summed E-state index contributed by atoms with van der Waals surface area (Å²) in [7, 11) is -3.24. The third kappa shape index (κ3) is 4.09. The van der Waals surface area contributed by atoms with Crippen LogP contribution in [0.15, 0.2) is 47.4 Å². The van der Waals surface area contributed by atoms with Gasteiger partial charge in [0.05, 0.1) is 20.9 Å². The van der Waals surface area contributed by atoms with Crippen molar-refractivity contribution in [3.8, 4) is 0 Å². The van der Waals surface area contributed by atoms with Gasteiger partial charge in [-0.05, 0) is 48.7 Å². The van der Waals surface area contributed by atoms with Crippen molar-refractivity contribution in [2.24, 2.45) is 0 Å². The Hall–Kier alpha value is -1.90. The molecule has 2 aromatic carbocycles. The molecule has 1 aliphatic heterocycles. The Balaban J connectivity index is 1.43. The van der Waals surface area contributed by atoms with E-state index in [1.54, 1.807) is 46.2 Å². The molecule has 0 bridgehead atoms. The topological polar surface area (TPSA) is 67.3 Å². The third-order valence-electron chi connectivity index (χ3n) is 4.69. The first-order valence-corrected chi connectivity index (χ1v) is 12.8. The number of aromatic nitrogens is 1. The maximum atomic E-state index is 12.8. The van der Waals surface area contributed by atoms with Crippen LogP contribution in [0.2, 0.25) is 0 Å². The Morgan fingerprint density at radius 2 is 2.07 bits per heavy atom. The summed E-state index contributed by atoms with van der Waals surface area (Å²) in [4.78, 5) is 19.5. The van der Waals surface area contributed by atoms with Crippen LogP contribution < -0.4 is 4.90 Å². The lowest BCUT2D eigenvalue weighted by Crippen LogP contribution is -2.36. The van der Waals surface area contributed by atoms with Gasteiger partial charge in [-0.2, -0.15) is 0 Å². The lowest BCUT2D eigenvalue weighted by molar-refractivity contribution is -0.116. The molecular formula is C20H20N2O3S3. The van der Waals surface area contributed by atoms with E-state index in [9.17, 15) is 13.2 Å². The fraction of sp³-hybridized carbons (Fsp3) is 0.300. The summed E-state index contributed by atoms with van der Waals surface area (Å²) in [6.45, 7) is 0.672. The second-order valence-corrected chi connectivity index (χ2v) is 10.9. The Morgan fingerprint density at radius 3 is 2.86 bits per heavy atom. The van der Waals surface area contributed by atoms with Gasteiger partial charge in [0.15, 0.2) is 9.84 Å². The smallest absolute Gasteiger partial charge is 0.236 e. The molecule has 1 amide bonds. The number of hydrogen-bond donors (Lipinski definition) is 0. The van der Waals surface area contributed by atoms with Crippen LogP contribution in [0.3, 0.4) is 0 Å². The number of nitrogens with zero attached hydrogens (tertiary/aromatic N) is 2. The monoisotopic (exact) mass is 432 g/mol. The maximum absolute atomic E-state index is 12.8. The lowest BCUT2D eigenvalue weighted by atomic mass is 10.0. The van der Waals surface area contributed by atoms with Crippen LogP contribution in [0, 0.1) is 0 Å². The minimum atomic E-state index is -3.24. The average Bonchev–Trinajstić information content (AvgIpc) is 3.09. The molecule has 1 aromatic heterocycles. The normalized spacial score (nSPS) is 14.2. The highest BCUT2D eigenvalue weighted by Crippen LogP contribution is 2.30. The van der Waals surface area contributed by atoms with Crippen LogP contribution in [0.1, 0.15) is 17.0 Å². The fourth-order valence-electron chi connectivity index (χ4n) is 3.35. The molecule has 0 unspecified atom stereocenters. The van der Waals surface area contributed by atoms with Crippen molar-refractivity contribution < 1.29 is 13.2 Å². The van der Waals surface area contributed by atoms with E-state index in [4.69, 9.17) is 0 Å². The fourth-order valence-corrected chi connectivity index (χ4v) is 5.94. The first-order valence-electron chi connectivity index (χ1n) is 8.97. The van der Waals surface area contributed by atoms with Crippen molar-refractivity contribution in [1.29, 1.82) is 0 Å². The first kappa shape index (κ1) is 19.4. The number of aryl methyl sites for hydroxylation is 1. The molecule has 0 radical (unpaired) electrons. The summed E-state index contributed by atoms with van der Waals surface area (Å²) < 4.78 is 24.7. The van der Waals surface area contributed by atoms with Gasteiger partial charge in [-0.3, -0.25) is 4.79 Å². The standard InChI is InChI=1S/C20H20N2O3S3/c1-28(24,25)15-8-9-17-14(11-15)5-4-10-22(17)20(23)13-26-12-19-21-16-6-2-3-7-18(16)27-19/h2-3,6-9,11H,4-5,10,12-13H2,1H3. The summed E-state index contributed by atoms with van der Waals surface area (Å²) in [6.07, 6.45) is 2.84. The summed E-state index contributed by atoms with van der Waals surface area (Å²) in [6, 6.07) is 13.1. The number of anilines is 1. The summed E-state index contributed by atoms with van der Waals surface area (Å²) >= 11 is 3.23. The molecule has 1 aliphatic rings. The predicted octanol–water partition coefficient (Wildman–Crippen LogP) is 3.91. The van der Waals surface area contributed by atoms with Crippen molar-refractivity contribution in [1.82, 2.24) is 4.98 Å². The summed E-state index contributed by atoms with van der Waals surface area (Å²) in [5.41, 5.74) is 2.77. The molecule has 8 heteroatoms. The number of carbonyl (C=O) groups excluding carboxylic acids is 1. The van der Waals surface area contributed by atoms with Crippen LogP contribution in [0.4, 0.5) is 5.69 Å². The average molecular weight is 433 g/mol. The van der Waals surface area contributed by atoms with E-state index in [2.05, 4.69) is 11.1 Å². The second kappa shape index (κ2) is 7.85. The molecule has 5 nitrogen and oxygen atoms in total. The highest BCUT2D eigenvalue weighted by atomic mass is 32.2. The molecular weight excluding hydrogens is 412 g/mol. The van der Waals surface area contributed by atoms with Crippen LogP contribution in [0.25, 0.3) is 10.2 Å². The molecule has 4 rings (SSSR count). The first-order chi connectivity index (χ1) is 13.4. The van der Waals surface area contributed by atoms with E-state index >= 15 is 0 Å². The van der Waals surface area contributed by atoms with E-state index in [0.717, 1.165) is 39.3 Å². The SMILES string of the molecule is CS(=O)(=O)c1ccc2c(c1)CCCN2C(=O)CSCc1nc2ccccc2s1. The van der Waals surface area contributed by atoms with Crippen LogP contribution in [0.5, 0.6) is 0 Å². The van der Waals surface area contributed by atoms with Gasteiger partial charge in [0.25, 0.3) is 0 Å². The van der Waals surface area contributed by atoms with Crippen molar-refractivity contribution in [3.63, 3.8) is 0 Å². The van der Waals surface area contributed by atoms with E-state index in [0.29, 0.717) is 22.9 Å². The largest absolute Gasteiger partial charge is 0.311 e. The molecule has 0 fully saturated rings.